The summed E-state index contributed by atoms with van der Waals surface area (Å²) >= 11 is 0. The molecule has 0 aliphatic carbocycles. The first-order chi connectivity index (χ1) is 10.6. The van der Waals surface area contributed by atoms with Crippen molar-refractivity contribution in [2.75, 3.05) is 12.1 Å². The summed E-state index contributed by atoms with van der Waals surface area (Å²) in [4.78, 5) is 9.07. The van der Waals surface area contributed by atoms with Gasteiger partial charge >= 0.3 is 0 Å². The van der Waals surface area contributed by atoms with Crippen molar-refractivity contribution in [1.29, 1.82) is 0 Å². The Kier molecular flexibility index (Phi) is 5.61. The van der Waals surface area contributed by atoms with Crippen molar-refractivity contribution in [3.05, 3.63) is 47.8 Å². The summed E-state index contributed by atoms with van der Waals surface area (Å²) in [5.74, 6) is 0.893. The van der Waals surface area contributed by atoms with Crippen LogP contribution in [0.15, 0.2) is 41.5 Å². The molecule has 0 spiro atoms. The van der Waals surface area contributed by atoms with E-state index in [1.807, 2.05) is 49.5 Å². The maximum absolute atomic E-state index is 5.17. The quantitative estimate of drug-likeness (QED) is 0.602. The molecule has 0 aliphatic rings. The highest BCUT2D eigenvalue weighted by Crippen LogP contribution is 2.23. The number of para-hydroxylation sites is 1. The Morgan fingerprint density at radius 3 is 2.59 bits per heavy atom. The molecular formula is C17H22N4O. The molecule has 0 fully saturated rings. The standard InChI is InChI=1S/C17H22N4O/c1-13(2)11-18-21(16-8-6-5-7-9-16)17-19-14(3)10-15(20-17)12-22-4/h5-11,13H,12H2,1-4H3. The molecule has 0 bridgehead atoms. The average molecular weight is 298 g/mol. The average Bonchev–Trinajstić information content (AvgIpc) is 2.48. The van der Waals surface area contributed by atoms with Gasteiger partial charge in [-0.05, 0) is 31.0 Å². The molecule has 1 aromatic heterocycles. The second kappa shape index (κ2) is 7.66. The second-order valence-electron chi connectivity index (χ2n) is 5.39. The fourth-order valence-electron chi connectivity index (χ4n) is 1.94. The van der Waals surface area contributed by atoms with E-state index in [0.29, 0.717) is 18.5 Å². The van der Waals surface area contributed by atoms with Crippen LogP contribution in [0.3, 0.4) is 0 Å². The summed E-state index contributed by atoms with van der Waals surface area (Å²) in [7, 11) is 1.66. The zero-order chi connectivity index (χ0) is 15.9. The minimum atomic E-state index is 0.342. The predicted molar refractivity (Wildman–Crippen MR) is 89.4 cm³/mol. The lowest BCUT2D eigenvalue weighted by atomic mass is 10.2. The Bertz CT molecular complexity index is 626. The van der Waals surface area contributed by atoms with Gasteiger partial charge in [-0.1, -0.05) is 32.0 Å². The van der Waals surface area contributed by atoms with E-state index in [9.17, 15) is 0 Å². The molecule has 1 heterocycles. The highest BCUT2D eigenvalue weighted by atomic mass is 16.5. The summed E-state index contributed by atoms with van der Waals surface area (Å²) in [5, 5.41) is 6.30. The topological polar surface area (TPSA) is 50.6 Å². The van der Waals surface area contributed by atoms with Gasteiger partial charge in [-0.15, -0.1) is 0 Å². The fourth-order valence-corrected chi connectivity index (χ4v) is 1.94. The molecule has 22 heavy (non-hydrogen) atoms. The minimum Gasteiger partial charge on any atom is -0.378 e. The highest BCUT2D eigenvalue weighted by molar-refractivity contribution is 5.66. The molecule has 0 amide bonds. The molecule has 116 valence electrons. The lowest BCUT2D eigenvalue weighted by Crippen LogP contribution is -2.15. The Morgan fingerprint density at radius 1 is 1.23 bits per heavy atom. The van der Waals surface area contributed by atoms with Crippen LogP contribution in [0.1, 0.15) is 25.2 Å². The molecule has 0 saturated heterocycles. The molecule has 5 heteroatoms. The summed E-state index contributed by atoms with van der Waals surface area (Å²) in [5.41, 5.74) is 2.65. The van der Waals surface area contributed by atoms with Crippen LogP contribution < -0.4 is 5.01 Å². The van der Waals surface area contributed by atoms with E-state index in [0.717, 1.165) is 17.1 Å². The Balaban J connectivity index is 2.44. The van der Waals surface area contributed by atoms with E-state index < -0.39 is 0 Å². The maximum Gasteiger partial charge on any atom is 0.251 e. The number of aromatic nitrogens is 2. The maximum atomic E-state index is 5.17. The van der Waals surface area contributed by atoms with Crippen molar-refractivity contribution in [2.45, 2.75) is 27.4 Å². The third-order valence-electron chi connectivity index (χ3n) is 2.86. The van der Waals surface area contributed by atoms with Crippen LogP contribution in [-0.4, -0.2) is 23.3 Å². The molecule has 5 nitrogen and oxygen atoms in total. The van der Waals surface area contributed by atoms with Crippen LogP contribution in [0.2, 0.25) is 0 Å². The van der Waals surface area contributed by atoms with E-state index in [1.54, 1.807) is 12.1 Å². The van der Waals surface area contributed by atoms with Crippen molar-refractivity contribution in [2.24, 2.45) is 11.0 Å². The first kappa shape index (κ1) is 16.1. The van der Waals surface area contributed by atoms with Gasteiger partial charge in [0.25, 0.3) is 5.95 Å². The summed E-state index contributed by atoms with van der Waals surface area (Å²) in [6.07, 6.45) is 1.88. The Hall–Kier alpha value is -2.27. The van der Waals surface area contributed by atoms with E-state index in [-0.39, 0.29) is 0 Å². The molecule has 2 rings (SSSR count). The molecule has 2 aromatic rings. The molecule has 0 saturated carbocycles. The van der Waals surface area contributed by atoms with Crippen molar-refractivity contribution >= 4 is 17.9 Å². The normalized spacial score (nSPS) is 11.3. The third kappa shape index (κ3) is 4.36. The summed E-state index contributed by atoms with van der Waals surface area (Å²) in [6.45, 7) is 6.56. The van der Waals surface area contributed by atoms with Crippen molar-refractivity contribution in [3.8, 4) is 0 Å². The van der Waals surface area contributed by atoms with Gasteiger partial charge in [0.15, 0.2) is 0 Å². The zero-order valence-electron chi connectivity index (χ0n) is 13.5. The van der Waals surface area contributed by atoms with Crippen molar-refractivity contribution in [1.82, 2.24) is 9.97 Å². The molecule has 0 aliphatic heterocycles. The Morgan fingerprint density at radius 2 is 1.95 bits per heavy atom. The molecule has 0 unspecified atom stereocenters. The number of benzene rings is 1. The zero-order valence-corrected chi connectivity index (χ0v) is 13.5. The number of anilines is 2. The molecule has 0 atom stereocenters. The van der Waals surface area contributed by atoms with Crippen LogP contribution in [0.4, 0.5) is 11.6 Å². The fraction of sp³-hybridized carbons (Fsp3) is 0.353. The summed E-state index contributed by atoms with van der Waals surface area (Å²) in [6, 6.07) is 11.8. The lowest BCUT2D eigenvalue weighted by molar-refractivity contribution is 0.181. The third-order valence-corrected chi connectivity index (χ3v) is 2.86. The van der Waals surface area contributed by atoms with Gasteiger partial charge in [0.2, 0.25) is 0 Å². The van der Waals surface area contributed by atoms with E-state index >= 15 is 0 Å². The molecular weight excluding hydrogens is 276 g/mol. The van der Waals surface area contributed by atoms with Crippen molar-refractivity contribution < 1.29 is 4.74 Å². The van der Waals surface area contributed by atoms with Gasteiger partial charge in [0.05, 0.1) is 18.0 Å². The van der Waals surface area contributed by atoms with E-state index in [2.05, 4.69) is 28.9 Å². The van der Waals surface area contributed by atoms with Gasteiger partial charge in [-0.2, -0.15) is 10.1 Å². The lowest BCUT2D eigenvalue weighted by Gasteiger charge is -2.18. The number of aryl methyl sites for hydroxylation is 1. The first-order valence-corrected chi connectivity index (χ1v) is 7.33. The van der Waals surface area contributed by atoms with Crippen LogP contribution in [-0.2, 0) is 11.3 Å². The number of hydrogen-bond acceptors (Lipinski definition) is 5. The first-order valence-electron chi connectivity index (χ1n) is 7.33. The number of hydrogen-bond donors (Lipinski definition) is 0. The van der Waals surface area contributed by atoms with Gasteiger partial charge in [0, 0.05) is 19.0 Å². The van der Waals surface area contributed by atoms with Gasteiger partial charge in [0.1, 0.15) is 0 Å². The van der Waals surface area contributed by atoms with Crippen LogP contribution >= 0.6 is 0 Å². The van der Waals surface area contributed by atoms with E-state index in [4.69, 9.17) is 4.74 Å². The minimum absolute atomic E-state index is 0.342. The number of rotatable bonds is 6. The monoisotopic (exact) mass is 298 g/mol. The van der Waals surface area contributed by atoms with Crippen molar-refractivity contribution in [3.63, 3.8) is 0 Å². The van der Waals surface area contributed by atoms with Crippen LogP contribution in [0, 0.1) is 12.8 Å². The number of nitrogens with zero attached hydrogens (tertiary/aromatic N) is 4. The van der Waals surface area contributed by atoms with Gasteiger partial charge in [-0.3, -0.25) is 0 Å². The summed E-state index contributed by atoms with van der Waals surface area (Å²) < 4.78 is 5.17. The van der Waals surface area contributed by atoms with Crippen LogP contribution in [0.25, 0.3) is 0 Å². The molecule has 0 radical (unpaired) electrons. The van der Waals surface area contributed by atoms with Gasteiger partial charge in [-0.25, -0.2) is 9.97 Å². The van der Waals surface area contributed by atoms with Crippen LogP contribution in [0.5, 0.6) is 0 Å². The second-order valence-corrected chi connectivity index (χ2v) is 5.39. The van der Waals surface area contributed by atoms with E-state index in [1.165, 1.54) is 0 Å². The molecule has 0 N–H and O–H groups in total. The smallest absolute Gasteiger partial charge is 0.251 e. The largest absolute Gasteiger partial charge is 0.378 e. The Labute approximate surface area is 131 Å². The number of ether oxygens (including phenoxy) is 1. The number of methoxy groups -OCH3 is 1. The molecule has 1 aromatic carbocycles. The highest BCUT2D eigenvalue weighted by Gasteiger charge is 2.13. The SMILES string of the molecule is COCc1cc(C)nc(N(N=CC(C)C)c2ccccc2)n1. The predicted octanol–water partition coefficient (Wildman–Crippen LogP) is 3.71. The number of hydrazone groups is 1. The van der Waals surface area contributed by atoms with Gasteiger partial charge < -0.3 is 4.74 Å².